The zero-order valence-electron chi connectivity index (χ0n) is 6.89. The third-order valence-corrected chi connectivity index (χ3v) is 1.66. The van der Waals surface area contributed by atoms with Crippen molar-refractivity contribution in [3.05, 3.63) is 11.3 Å². The Kier molecular flexibility index (Phi) is 2.70. The van der Waals surface area contributed by atoms with Crippen LogP contribution in [0.4, 0.5) is 5.69 Å². The fourth-order valence-electron chi connectivity index (χ4n) is 0.635. The van der Waals surface area contributed by atoms with Gasteiger partial charge in [0, 0.05) is 5.92 Å². The fraction of sp³-hybridized carbons (Fsp3) is 0.429. The maximum Gasteiger partial charge on any atom is 0.227 e. The van der Waals surface area contributed by atoms with Crippen LogP contribution in [0.1, 0.15) is 13.8 Å². The van der Waals surface area contributed by atoms with Crippen molar-refractivity contribution in [1.29, 1.82) is 0 Å². The van der Waals surface area contributed by atoms with Crippen LogP contribution < -0.4 is 5.32 Å². The molecule has 0 aliphatic carbocycles. The molecule has 5 heteroatoms. The highest BCUT2D eigenvalue weighted by Crippen LogP contribution is 2.17. The van der Waals surface area contributed by atoms with Crippen LogP contribution in [0.2, 0.25) is 5.15 Å². The maximum absolute atomic E-state index is 11.2. The van der Waals surface area contributed by atoms with Crippen LogP contribution in [0.25, 0.3) is 0 Å². The smallest absolute Gasteiger partial charge is 0.227 e. The van der Waals surface area contributed by atoms with Gasteiger partial charge in [0.2, 0.25) is 5.91 Å². The van der Waals surface area contributed by atoms with Crippen LogP contribution in [-0.2, 0) is 4.79 Å². The Morgan fingerprint density at radius 2 is 2.42 bits per heavy atom. The van der Waals surface area contributed by atoms with Gasteiger partial charge in [0.05, 0.1) is 11.9 Å². The number of rotatable bonds is 2. The summed E-state index contributed by atoms with van der Waals surface area (Å²) in [6.07, 6.45) is 1.47. The van der Waals surface area contributed by atoms with Gasteiger partial charge in [-0.1, -0.05) is 25.4 Å². The number of carbonyl (C=O) groups is 1. The van der Waals surface area contributed by atoms with Gasteiger partial charge in [-0.2, -0.15) is 5.10 Å². The largest absolute Gasteiger partial charge is 0.322 e. The van der Waals surface area contributed by atoms with Gasteiger partial charge in [-0.05, 0) is 0 Å². The minimum absolute atomic E-state index is 0.0593. The SMILES string of the molecule is CC(C)C(=O)Nc1cn[nH]c1Cl. The van der Waals surface area contributed by atoms with E-state index in [0.29, 0.717) is 10.8 Å². The molecule has 0 unspecified atom stereocenters. The van der Waals surface area contributed by atoms with Gasteiger partial charge in [-0.15, -0.1) is 0 Å². The van der Waals surface area contributed by atoms with Gasteiger partial charge in [-0.25, -0.2) is 0 Å². The molecular weight excluding hydrogens is 178 g/mol. The van der Waals surface area contributed by atoms with Crippen LogP contribution in [0, 0.1) is 5.92 Å². The summed E-state index contributed by atoms with van der Waals surface area (Å²) in [6, 6.07) is 0. The van der Waals surface area contributed by atoms with E-state index in [1.54, 1.807) is 0 Å². The van der Waals surface area contributed by atoms with E-state index in [1.807, 2.05) is 13.8 Å². The van der Waals surface area contributed by atoms with Crippen molar-refractivity contribution in [3.8, 4) is 0 Å². The van der Waals surface area contributed by atoms with Gasteiger partial charge in [0.1, 0.15) is 5.15 Å². The lowest BCUT2D eigenvalue weighted by Crippen LogP contribution is -2.17. The molecule has 0 atom stereocenters. The molecule has 0 saturated carbocycles. The normalized spacial score (nSPS) is 10.3. The number of aromatic amines is 1. The van der Waals surface area contributed by atoms with Gasteiger partial charge in [-0.3, -0.25) is 9.89 Å². The van der Waals surface area contributed by atoms with Gasteiger partial charge in [0.25, 0.3) is 0 Å². The van der Waals surface area contributed by atoms with E-state index in [9.17, 15) is 4.79 Å². The number of halogens is 1. The molecule has 0 aromatic carbocycles. The van der Waals surface area contributed by atoms with Crippen LogP contribution in [0.3, 0.4) is 0 Å². The van der Waals surface area contributed by atoms with Crippen molar-refractivity contribution in [2.24, 2.45) is 5.92 Å². The minimum atomic E-state index is -0.0710. The Morgan fingerprint density at radius 3 is 2.83 bits per heavy atom. The molecule has 12 heavy (non-hydrogen) atoms. The molecule has 0 spiro atoms. The number of nitrogens with zero attached hydrogens (tertiary/aromatic N) is 1. The molecule has 2 N–H and O–H groups in total. The number of hydrogen-bond acceptors (Lipinski definition) is 2. The van der Waals surface area contributed by atoms with Gasteiger partial charge >= 0.3 is 0 Å². The molecule has 1 aromatic rings. The summed E-state index contributed by atoms with van der Waals surface area (Å²) >= 11 is 5.66. The molecule has 4 nitrogen and oxygen atoms in total. The van der Waals surface area contributed by atoms with Crippen molar-refractivity contribution in [3.63, 3.8) is 0 Å². The third kappa shape index (κ3) is 1.98. The Bertz CT molecular complexity index is 282. The first-order valence-corrected chi connectivity index (χ1v) is 3.98. The summed E-state index contributed by atoms with van der Waals surface area (Å²) in [5.74, 6) is -0.130. The summed E-state index contributed by atoms with van der Waals surface area (Å²) < 4.78 is 0. The summed E-state index contributed by atoms with van der Waals surface area (Å²) in [6.45, 7) is 3.62. The Morgan fingerprint density at radius 1 is 1.75 bits per heavy atom. The highest BCUT2D eigenvalue weighted by molar-refractivity contribution is 6.32. The second-order valence-corrected chi connectivity index (χ2v) is 3.12. The minimum Gasteiger partial charge on any atom is -0.322 e. The molecule has 66 valence electrons. The monoisotopic (exact) mass is 187 g/mol. The molecular formula is C7H10ClN3O. The van der Waals surface area contributed by atoms with Crippen LogP contribution in [-0.4, -0.2) is 16.1 Å². The third-order valence-electron chi connectivity index (χ3n) is 1.38. The van der Waals surface area contributed by atoms with Crippen LogP contribution >= 0.6 is 11.6 Å². The van der Waals surface area contributed by atoms with E-state index < -0.39 is 0 Å². The Hall–Kier alpha value is -1.03. The van der Waals surface area contributed by atoms with Crippen molar-refractivity contribution in [1.82, 2.24) is 10.2 Å². The number of hydrogen-bond donors (Lipinski definition) is 2. The predicted octanol–water partition coefficient (Wildman–Crippen LogP) is 1.66. The maximum atomic E-state index is 11.2. The summed E-state index contributed by atoms with van der Waals surface area (Å²) in [5, 5.41) is 9.15. The molecule has 0 radical (unpaired) electrons. The van der Waals surface area contributed by atoms with Crippen molar-refractivity contribution >= 4 is 23.2 Å². The zero-order chi connectivity index (χ0) is 9.14. The quantitative estimate of drug-likeness (QED) is 0.740. The van der Waals surface area contributed by atoms with E-state index >= 15 is 0 Å². The second-order valence-electron chi connectivity index (χ2n) is 2.74. The Balaban J connectivity index is 2.64. The average molecular weight is 188 g/mol. The molecule has 0 aliphatic rings. The van der Waals surface area contributed by atoms with Crippen molar-refractivity contribution in [2.75, 3.05) is 5.32 Å². The number of H-pyrrole nitrogens is 1. The van der Waals surface area contributed by atoms with Crippen LogP contribution in [0.5, 0.6) is 0 Å². The van der Waals surface area contributed by atoms with Crippen LogP contribution in [0.15, 0.2) is 6.20 Å². The topological polar surface area (TPSA) is 57.8 Å². The molecule has 0 aliphatic heterocycles. The number of anilines is 1. The van der Waals surface area contributed by atoms with E-state index in [2.05, 4.69) is 15.5 Å². The standard InChI is InChI=1S/C7H10ClN3O/c1-4(2)7(12)10-5-3-9-11-6(5)8/h3-4H,1-2H3,(H,9,11)(H,10,12). The Labute approximate surface area is 75.3 Å². The molecule has 1 aromatic heterocycles. The average Bonchev–Trinajstić information content (AvgIpc) is 2.36. The lowest BCUT2D eigenvalue weighted by molar-refractivity contribution is -0.118. The first-order valence-electron chi connectivity index (χ1n) is 3.61. The molecule has 0 bridgehead atoms. The molecule has 0 fully saturated rings. The lowest BCUT2D eigenvalue weighted by atomic mass is 10.2. The summed E-state index contributed by atoms with van der Waals surface area (Å²) in [5.41, 5.74) is 0.523. The van der Waals surface area contributed by atoms with Crippen molar-refractivity contribution < 1.29 is 4.79 Å². The molecule has 1 rings (SSSR count). The second kappa shape index (κ2) is 3.58. The number of carbonyl (C=O) groups excluding carboxylic acids is 1. The predicted molar refractivity (Wildman–Crippen MR) is 47.1 cm³/mol. The summed E-state index contributed by atoms with van der Waals surface area (Å²) in [7, 11) is 0. The zero-order valence-corrected chi connectivity index (χ0v) is 7.64. The fourth-order valence-corrected chi connectivity index (χ4v) is 0.779. The first kappa shape index (κ1) is 9.06. The first-order chi connectivity index (χ1) is 5.61. The van der Waals surface area contributed by atoms with E-state index in [-0.39, 0.29) is 11.8 Å². The number of amides is 1. The van der Waals surface area contributed by atoms with E-state index in [0.717, 1.165) is 0 Å². The van der Waals surface area contributed by atoms with Gasteiger partial charge < -0.3 is 5.32 Å². The van der Waals surface area contributed by atoms with Gasteiger partial charge in [0.15, 0.2) is 0 Å². The van der Waals surface area contributed by atoms with E-state index in [4.69, 9.17) is 11.6 Å². The summed E-state index contributed by atoms with van der Waals surface area (Å²) in [4.78, 5) is 11.2. The molecule has 1 amide bonds. The van der Waals surface area contributed by atoms with E-state index in [1.165, 1.54) is 6.20 Å². The molecule has 0 saturated heterocycles. The number of aromatic nitrogens is 2. The lowest BCUT2D eigenvalue weighted by Gasteiger charge is -2.04. The molecule has 1 heterocycles. The number of nitrogens with one attached hydrogen (secondary N) is 2. The highest BCUT2D eigenvalue weighted by Gasteiger charge is 2.09. The van der Waals surface area contributed by atoms with Crippen molar-refractivity contribution in [2.45, 2.75) is 13.8 Å². The highest BCUT2D eigenvalue weighted by atomic mass is 35.5.